The van der Waals surface area contributed by atoms with E-state index >= 15 is 0 Å². The zero-order valence-corrected chi connectivity index (χ0v) is 13.8. The van der Waals surface area contributed by atoms with E-state index in [2.05, 4.69) is 10.3 Å². The molecule has 2 heterocycles. The summed E-state index contributed by atoms with van der Waals surface area (Å²) in [6.45, 7) is 0. The van der Waals surface area contributed by atoms with Crippen LogP contribution in [0.2, 0.25) is 0 Å². The standard InChI is InChI=1S/C17H9N3O5S/c21-15(11-7-9-3-1-2-4-13(9)25-16(11)22)19-17-18-12-6-5-10(20(23)24)8-14(12)26-17/h1-8H,(H,18,19,21). The van der Waals surface area contributed by atoms with Gasteiger partial charge in [-0.15, -0.1) is 0 Å². The quantitative estimate of drug-likeness (QED) is 0.336. The highest BCUT2D eigenvalue weighted by molar-refractivity contribution is 7.22. The Kier molecular flexibility index (Phi) is 3.70. The van der Waals surface area contributed by atoms with E-state index in [0.717, 1.165) is 11.3 Å². The molecule has 128 valence electrons. The molecule has 0 saturated carbocycles. The zero-order chi connectivity index (χ0) is 18.3. The molecule has 0 aliphatic rings. The number of para-hydroxylation sites is 1. The van der Waals surface area contributed by atoms with E-state index in [-0.39, 0.29) is 16.4 Å². The van der Waals surface area contributed by atoms with Crippen LogP contribution in [0.4, 0.5) is 10.8 Å². The predicted octanol–water partition coefficient (Wildman–Crippen LogP) is 3.56. The fourth-order valence-electron chi connectivity index (χ4n) is 2.47. The molecule has 26 heavy (non-hydrogen) atoms. The van der Waals surface area contributed by atoms with Crippen LogP contribution in [0.3, 0.4) is 0 Å². The monoisotopic (exact) mass is 367 g/mol. The molecular formula is C17H9N3O5S. The molecule has 1 amide bonds. The number of hydrogen-bond acceptors (Lipinski definition) is 7. The van der Waals surface area contributed by atoms with Gasteiger partial charge in [0, 0.05) is 17.5 Å². The van der Waals surface area contributed by atoms with Gasteiger partial charge in [0.15, 0.2) is 5.13 Å². The number of carbonyl (C=O) groups excluding carboxylic acids is 1. The SMILES string of the molecule is O=C(Nc1nc2ccc([N+](=O)[O-])cc2s1)c1cc2ccccc2oc1=O. The Morgan fingerprint density at radius 1 is 1.19 bits per heavy atom. The number of hydrogen-bond donors (Lipinski definition) is 1. The molecule has 0 aliphatic carbocycles. The fraction of sp³-hybridized carbons (Fsp3) is 0. The maximum absolute atomic E-state index is 12.4. The molecule has 2 aromatic heterocycles. The van der Waals surface area contributed by atoms with Gasteiger partial charge in [0.2, 0.25) is 0 Å². The highest BCUT2D eigenvalue weighted by atomic mass is 32.1. The summed E-state index contributed by atoms with van der Waals surface area (Å²) in [5.41, 5.74) is -0.0520. The van der Waals surface area contributed by atoms with E-state index in [4.69, 9.17) is 4.42 Å². The molecule has 2 aromatic carbocycles. The van der Waals surface area contributed by atoms with Crippen LogP contribution in [0, 0.1) is 10.1 Å². The van der Waals surface area contributed by atoms with Gasteiger partial charge in [-0.1, -0.05) is 29.5 Å². The molecule has 4 aromatic rings. The van der Waals surface area contributed by atoms with Gasteiger partial charge in [0.25, 0.3) is 11.6 Å². The van der Waals surface area contributed by atoms with Crippen LogP contribution in [0.15, 0.2) is 57.7 Å². The second-order valence-corrected chi connectivity index (χ2v) is 6.40. The largest absolute Gasteiger partial charge is 0.422 e. The Bertz CT molecular complexity index is 1240. The molecule has 0 saturated heterocycles. The van der Waals surface area contributed by atoms with Crippen molar-refractivity contribution in [1.82, 2.24) is 4.98 Å². The molecule has 0 spiro atoms. The topological polar surface area (TPSA) is 115 Å². The average molecular weight is 367 g/mol. The van der Waals surface area contributed by atoms with Crippen LogP contribution < -0.4 is 10.9 Å². The predicted molar refractivity (Wildman–Crippen MR) is 96.7 cm³/mol. The maximum Gasteiger partial charge on any atom is 0.349 e. The van der Waals surface area contributed by atoms with Crippen LogP contribution >= 0.6 is 11.3 Å². The van der Waals surface area contributed by atoms with Crippen molar-refractivity contribution in [3.8, 4) is 0 Å². The third-order valence-corrected chi connectivity index (χ3v) is 4.62. The van der Waals surface area contributed by atoms with E-state index < -0.39 is 16.5 Å². The van der Waals surface area contributed by atoms with Gasteiger partial charge in [-0.05, 0) is 18.2 Å². The first-order valence-corrected chi connectivity index (χ1v) is 8.22. The number of amides is 1. The molecule has 0 unspecified atom stereocenters. The van der Waals surface area contributed by atoms with Crippen molar-refractivity contribution in [3.63, 3.8) is 0 Å². The number of non-ortho nitro benzene ring substituents is 1. The number of benzene rings is 2. The molecule has 0 radical (unpaired) electrons. The number of nitrogens with one attached hydrogen (secondary N) is 1. The lowest BCUT2D eigenvalue weighted by molar-refractivity contribution is -0.384. The molecular weight excluding hydrogens is 358 g/mol. The molecule has 0 fully saturated rings. The van der Waals surface area contributed by atoms with E-state index in [1.54, 1.807) is 24.3 Å². The number of anilines is 1. The fourth-order valence-corrected chi connectivity index (χ4v) is 3.36. The first-order chi connectivity index (χ1) is 12.5. The van der Waals surface area contributed by atoms with Crippen molar-refractivity contribution in [2.75, 3.05) is 5.32 Å². The number of aromatic nitrogens is 1. The second kappa shape index (κ2) is 6.05. The van der Waals surface area contributed by atoms with Gasteiger partial charge >= 0.3 is 5.63 Å². The molecule has 1 N–H and O–H groups in total. The number of nitro groups is 1. The van der Waals surface area contributed by atoms with E-state index in [0.29, 0.717) is 21.2 Å². The van der Waals surface area contributed by atoms with Gasteiger partial charge in [0.1, 0.15) is 11.1 Å². The minimum Gasteiger partial charge on any atom is -0.422 e. The third kappa shape index (κ3) is 2.80. The normalized spacial score (nSPS) is 10.9. The van der Waals surface area contributed by atoms with Gasteiger partial charge in [0.05, 0.1) is 15.1 Å². The number of nitro benzene ring substituents is 1. The molecule has 0 atom stereocenters. The van der Waals surface area contributed by atoms with Crippen LogP contribution in [0.1, 0.15) is 10.4 Å². The number of carbonyl (C=O) groups is 1. The van der Waals surface area contributed by atoms with Crippen LogP contribution in [0.5, 0.6) is 0 Å². The summed E-state index contributed by atoms with van der Waals surface area (Å²) in [4.78, 5) is 39.0. The lowest BCUT2D eigenvalue weighted by Crippen LogP contribution is -2.20. The number of nitrogens with zero attached hydrogens (tertiary/aromatic N) is 2. The number of fused-ring (bicyclic) bond motifs is 2. The van der Waals surface area contributed by atoms with Gasteiger partial charge in [-0.25, -0.2) is 9.78 Å². The minimum absolute atomic E-state index is 0.0609. The Balaban J connectivity index is 1.68. The third-order valence-electron chi connectivity index (χ3n) is 3.69. The van der Waals surface area contributed by atoms with Crippen molar-refractivity contribution in [2.45, 2.75) is 0 Å². The Labute approximate surface area is 148 Å². The molecule has 8 nitrogen and oxygen atoms in total. The van der Waals surface area contributed by atoms with Crippen LogP contribution in [0.25, 0.3) is 21.2 Å². The summed E-state index contributed by atoms with van der Waals surface area (Å²) in [5, 5.41) is 14.2. The summed E-state index contributed by atoms with van der Waals surface area (Å²) >= 11 is 1.08. The summed E-state index contributed by atoms with van der Waals surface area (Å²) in [7, 11) is 0. The Morgan fingerprint density at radius 3 is 2.81 bits per heavy atom. The van der Waals surface area contributed by atoms with Gasteiger partial charge < -0.3 is 4.42 Å². The molecule has 0 aliphatic heterocycles. The highest BCUT2D eigenvalue weighted by Gasteiger charge is 2.16. The number of thiazole rings is 1. The van der Waals surface area contributed by atoms with Crippen molar-refractivity contribution in [3.05, 3.63) is 74.6 Å². The number of rotatable bonds is 3. The van der Waals surface area contributed by atoms with E-state index in [1.807, 2.05) is 0 Å². The van der Waals surface area contributed by atoms with Gasteiger partial charge in [-0.3, -0.25) is 20.2 Å². The lowest BCUT2D eigenvalue weighted by Gasteiger charge is -2.02. The van der Waals surface area contributed by atoms with E-state index in [9.17, 15) is 19.7 Å². The smallest absolute Gasteiger partial charge is 0.349 e. The highest BCUT2D eigenvalue weighted by Crippen LogP contribution is 2.29. The second-order valence-electron chi connectivity index (χ2n) is 5.37. The Hall–Kier alpha value is -3.59. The molecule has 9 heteroatoms. The summed E-state index contributed by atoms with van der Waals surface area (Å²) in [5.74, 6) is -0.655. The minimum atomic E-state index is -0.752. The van der Waals surface area contributed by atoms with Crippen LogP contribution in [-0.2, 0) is 0 Å². The molecule has 0 bridgehead atoms. The van der Waals surface area contributed by atoms with Crippen molar-refractivity contribution in [2.24, 2.45) is 0 Å². The van der Waals surface area contributed by atoms with Crippen LogP contribution in [-0.4, -0.2) is 15.8 Å². The summed E-state index contributed by atoms with van der Waals surface area (Å²) in [6, 6.07) is 12.5. The first-order valence-electron chi connectivity index (χ1n) is 7.40. The first kappa shape index (κ1) is 15.9. The lowest BCUT2D eigenvalue weighted by atomic mass is 10.2. The van der Waals surface area contributed by atoms with E-state index in [1.165, 1.54) is 24.3 Å². The summed E-state index contributed by atoms with van der Waals surface area (Å²) < 4.78 is 5.70. The molecule has 4 rings (SSSR count). The average Bonchev–Trinajstić information content (AvgIpc) is 3.02. The summed E-state index contributed by atoms with van der Waals surface area (Å²) in [6.07, 6.45) is 0. The zero-order valence-electron chi connectivity index (χ0n) is 13.0. The maximum atomic E-state index is 12.4. The Morgan fingerprint density at radius 2 is 2.00 bits per heavy atom. The van der Waals surface area contributed by atoms with Crippen molar-refractivity contribution >= 4 is 49.2 Å². The van der Waals surface area contributed by atoms with Gasteiger partial charge in [-0.2, -0.15) is 0 Å². The van der Waals surface area contributed by atoms with Crippen molar-refractivity contribution < 1.29 is 14.1 Å². The van der Waals surface area contributed by atoms with Crippen molar-refractivity contribution in [1.29, 1.82) is 0 Å².